The van der Waals surface area contributed by atoms with Crippen molar-refractivity contribution in [3.63, 3.8) is 0 Å². The number of piperazine rings is 1. The summed E-state index contributed by atoms with van der Waals surface area (Å²) in [7, 11) is 0. The van der Waals surface area contributed by atoms with E-state index in [2.05, 4.69) is 12.2 Å². The molecule has 16 heavy (non-hydrogen) atoms. The second-order valence-corrected chi connectivity index (χ2v) is 6.19. The van der Waals surface area contributed by atoms with Crippen molar-refractivity contribution in [2.24, 2.45) is 0 Å². The van der Waals surface area contributed by atoms with Gasteiger partial charge in [0.05, 0.1) is 0 Å². The molecule has 2 fully saturated rings. The number of carbonyl (C=O) groups is 1. The van der Waals surface area contributed by atoms with Crippen LogP contribution in [-0.2, 0) is 4.74 Å². The fourth-order valence-corrected chi connectivity index (χ4v) is 2.29. The topological polar surface area (TPSA) is 41.6 Å². The molecular weight excluding hydrogens is 204 g/mol. The molecule has 1 aliphatic heterocycles. The molecule has 0 aromatic carbocycles. The minimum atomic E-state index is -0.401. The third-order valence-corrected chi connectivity index (χ3v) is 3.05. The molecule has 0 radical (unpaired) electrons. The van der Waals surface area contributed by atoms with Gasteiger partial charge in [-0.05, 0) is 40.5 Å². The van der Waals surface area contributed by atoms with Gasteiger partial charge in [0, 0.05) is 24.7 Å². The van der Waals surface area contributed by atoms with Crippen molar-refractivity contribution in [1.29, 1.82) is 0 Å². The first-order valence-corrected chi connectivity index (χ1v) is 6.05. The second-order valence-electron chi connectivity index (χ2n) is 6.19. The quantitative estimate of drug-likeness (QED) is 0.684. The smallest absolute Gasteiger partial charge is 0.410 e. The van der Waals surface area contributed by atoms with Gasteiger partial charge in [0.2, 0.25) is 0 Å². The molecule has 4 heteroatoms. The van der Waals surface area contributed by atoms with Crippen LogP contribution in [0.25, 0.3) is 0 Å². The summed E-state index contributed by atoms with van der Waals surface area (Å²) in [6, 6.07) is 0.365. The Morgan fingerprint density at radius 1 is 1.44 bits per heavy atom. The Labute approximate surface area is 97.3 Å². The van der Waals surface area contributed by atoms with Crippen molar-refractivity contribution < 1.29 is 9.53 Å². The van der Waals surface area contributed by atoms with Gasteiger partial charge in [-0.2, -0.15) is 0 Å². The molecule has 92 valence electrons. The third kappa shape index (κ3) is 2.67. The molecule has 1 N–H and O–H groups in total. The first kappa shape index (κ1) is 11.7. The summed E-state index contributed by atoms with van der Waals surface area (Å²) < 4.78 is 5.41. The molecule has 4 nitrogen and oxygen atoms in total. The summed E-state index contributed by atoms with van der Waals surface area (Å²) in [6.07, 6.45) is 2.18. The molecule has 2 aliphatic rings. The zero-order valence-electron chi connectivity index (χ0n) is 10.7. The zero-order valence-corrected chi connectivity index (χ0v) is 10.7. The number of carbonyl (C=O) groups excluding carboxylic acids is 1. The van der Waals surface area contributed by atoms with Gasteiger partial charge in [-0.1, -0.05) is 0 Å². The van der Waals surface area contributed by atoms with Crippen LogP contribution in [0.3, 0.4) is 0 Å². The monoisotopic (exact) mass is 226 g/mol. The fraction of sp³-hybridized carbons (Fsp3) is 0.917. The van der Waals surface area contributed by atoms with Gasteiger partial charge < -0.3 is 15.0 Å². The molecule has 1 amide bonds. The summed E-state index contributed by atoms with van der Waals surface area (Å²) in [5, 5.41) is 3.56. The van der Waals surface area contributed by atoms with E-state index in [4.69, 9.17) is 4.74 Å². The van der Waals surface area contributed by atoms with Crippen LogP contribution in [0, 0.1) is 0 Å². The fourth-order valence-electron chi connectivity index (χ4n) is 2.29. The lowest BCUT2D eigenvalue weighted by atomic mass is 10.1. The predicted molar refractivity (Wildman–Crippen MR) is 62.4 cm³/mol. The van der Waals surface area contributed by atoms with Gasteiger partial charge in [-0.15, -0.1) is 0 Å². The third-order valence-electron chi connectivity index (χ3n) is 3.05. The lowest BCUT2D eigenvalue weighted by Crippen LogP contribution is -2.59. The first-order valence-electron chi connectivity index (χ1n) is 6.05. The highest BCUT2D eigenvalue weighted by Crippen LogP contribution is 2.38. The minimum absolute atomic E-state index is 0.174. The van der Waals surface area contributed by atoms with Crippen molar-refractivity contribution in [3.8, 4) is 0 Å². The Hall–Kier alpha value is -0.770. The van der Waals surface area contributed by atoms with Crippen LogP contribution in [0.5, 0.6) is 0 Å². The Kier molecular flexibility index (Phi) is 2.65. The van der Waals surface area contributed by atoms with Crippen LogP contribution in [-0.4, -0.2) is 41.3 Å². The lowest BCUT2D eigenvalue weighted by molar-refractivity contribution is 0.0145. The van der Waals surface area contributed by atoms with Gasteiger partial charge in [0.15, 0.2) is 0 Å². The maximum Gasteiger partial charge on any atom is 0.410 e. The Balaban J connectivity index is 1.96. The largest absolute Gasteiger partial charge is 0.444 e. The van der Waals surface area contributed by atoms with Crippen LogP contribution in [0.1, 0.15) is 40.5 Å². The Bertz CT molecular complexity index is 292. The number of nitrogens with zero attached hydrogens (tertiary/aromatic N) is 1. The lowest BCUT2D eigenvalue weighted by Gasteiger charge is -2.38. The van der Waals surface area contributed by atoms with E-state index in [1.165, 1.54) is 12.8 Å². The molecule has 1 atom stereocenters. The van der Waals surface area contributed by atoms with E-state index in [1.807, 2.05) is 25.7 Å². The zero-order chi connectivity index (χ0) is 12.0. The predicted octanol–water partition coefficient (Wildman–Crippen LogP) is 1.75. The average Bonchev–Trinajstić information content (AvgIpc) is 2.80. The summed E-state index contributed by atoms with van der Waals surface area (Å²) in [5.41, 5.74) is -0.198. The van der Waals surface area contributed by atoms with Crippen LogP contribution in [0.4, 0.5) is 4.79 Å². The maximum atomic E-state index is 12.0. The summed E-state index contributed by atoms with van der Waals surface area (Å²) in [5.74, 6) is 0. The number of nitrogens with one attached hydrogen (secondary N) is 1. The SMILES string of the molecule is C[C@H]1CN(C(=O)OC(C)(C)C)CC2(CC2)N1. The molecule has 1 heterocycles. The van der Waals surface area contributed by atoms with E-state index in [9.17, 15) is 4.79 Å². The molecule has 0 bridgehead atoms. The van der Waals surface area contributed by atoms with E-state index in [1.54, 1.807) is 0 Å². The summed E-state index contributed by atoms with van der Waals surface area (Å²) in [6.45, 7) is 9.38. The standard InChI is InChI=1S/C12H22N2O2/c1-9-7-14(8-12(13-9)5-6-12)10(15)16-11(2,3)4/h9,13H,5-8H2,1-4H3/t9-/m0/s1. The normalized spacial score (nSPS) is 28.0. The number of hydrogen-bond donors (Lipinski definition) is 1. The molecule has 0 aromatic rings. The van der Waals surface area contributed by atoms with Crippen molar-refractivity contribution in [2.75, 3.05) is 13.1 Å². The van der Waals surface area contributed by atoms with Crippen molar-refractivity contribution in [1.82, 2.24) is 10.2 Å². The van der Waals surface area contributed by atoms with E-state index in [-0.39, 0.29) is 11.6 Å². The molecule has 0 aromatic heterocycles. The van der Waals surface area contributed by atoms with Gasteiger partial charge in [0.25, 0.3) is 0 Å². The van der Waals surface area contributed by atoms with E-state index >= 15 is 0 Å². The number of hydrogen-bond acceptors (Lipinski definition) is 3. The number of amides is 1. The van der Waals surface area contributed by atoms with Crippen LogP contribution in [0.2, 0.25) is 0 Å². The Morgan fingerprint density at radius 2 is 2.06 bits per heavy atom. The van der Waals surface area contributed by atoms with Crippen molar-refractivity contribution >= 4 is 6.09 Å². The molecule has 1 aliphatic carbocycles. The van der Waals surface area contributed by atoms with Crippen molar-refractivity contribution in [2.45, 2.75) is 57.7 Å². The van der Waals surface area contributed by atoms with Gasteiger partial charge in [-0.3, -0.25) is 0 Å². The number of rotatable bonds is 0. The summed E-state index contributed by atoms with van der Waals surface area (Å²) >= 11 is 0. The van der Waals surface area contributed by atoms with Crippen LogP contribution >= 0.6 is 0 Å². The first-order chi connectivity index (χ1) is 7.30. The number of ether oxygens (including phenoxy) is 1. The minimum Gasteiger partial charge on any atom is -0.444 e. The van der Waals surface area contributed by atoms with E-state index < -0.39 is 5.60 Å². The van der Waals surface area contributed by atoms with E-state index in [0.717, 1.165) is 13.1 Å². The molecule has 0 unspecified atom stereocenters. The Morgan fingerprint density at radius 3 is 2.56 bits per heavy atom. The molecule has 1 saturated heterocycles. The highest BCUT2D eigenvalue weighted by atomic mass is 16.6. The second kappa shape index (κ2) is 3.62. The maximum absolute atomic E-state index is 12.0. The molecule has 1 spiro atoms. The average molecular weight is 226 g/mol. The van der Waals surface area contributed by atoms with Crippen LogP contribution < -0.4 is 5.32 Å². The molecular formula is C12H22N2O2. The van der Waals surface area contributed by atoms with Gasteiger partial charge in [0.1, 0.15) is 5.60 Å². The van der Waals surface area contributed by atoms with Crippen LogP contribution in [0.15, 0.2) is 0 Å². The highest BCUT2D eigenvalue weighted by Gasteiger charge is 2.48. The molecule has 1 saturated carbocycles. The highest BCUT2D eigenvalue weighted by molar-refractivity contribution is 5.68. The van der Waals surface area contributed by atoms with Gasteiger partial charge >= 0.3 is 6.09 Å². The van der Waals surface area contributed by atoms with Crippen molar-refractivity contribution in [3.05, 3.63) is 0 Å². The van der Waals surface area contributed by atoms with E-state index in [0.29, 0.717) is 6.04 Å². The van der Waals surface area contributed by atoms with Gasteiger partial charge in [-0.25, -0.2) is 4.79 Å². The summed E-state index contributed by atoms with van der Waals surface area (Å²) in [4.78, 5) is 13.8. The molecule has 2 rings (SSSR count).